The summed E-state index contributed by atoms with van der Waals surface area (Å²) < 4.78 is 27.1. The molecule has 1 saturated heterocycles. The number of ketones is 1. The third kappa shape index (κ3) is 1.91. The Labute approximate surface area is 113 Å². The smallest absolute Gasteiger partial charge is 0.310 e. The first-order valence-electron chi connectivity index (χ1n) is 6.37. The van der Waals surface area contributed by atoms with Crippen molar-refractivity contribution in [3.63, 3.8) is 0 Å². The van der Waals surface area contributed by atoms with Gasteiger partial charge in [-0.15, -0.1) is 0 Å². The molecule has 1 aromatic rings. The number of hydrogen-bond acceptors (Lipinski definition) is 3. The normalized spacial score (nSPS) is 30.9. The second-order valence-electron chi connectivity index (χ2n) is 5.49. The first kappa shape index (κ1) is 13.2. The SMILES string of the molecule is O=C(O)CC(=O)C1NC[C@@]2(c3cc(F)ccc3F)C[C@@H]12. The molecule has 20 heavy (non-hydrogen) atoms. The molecule has 1 saturated carbocycles. The molecule has 0 spiro atoms. The molecule has 0 amide bonds. The van der Waals surface area contributed by atoms with Gasteiger partial charge in [0.1, 0.15) is 18.1 Å². The summed E-state index contributed by atoms with van der Waals surface area (Å²) >= 11 is 0. The first-order valence-corrected chi connectivity index (χ1v) is 6.37. The van der Waals surface area contributed by atoms with E-state index in [9.17, 15) is 18.4 Å². The van der Waals surface area contributed by atoms with Crippen molar-refractivity contribution in [2.24, 2.45) is 5.92 Å². The number of Topliss-reactive ketones (excluding diaryl/α,β-unsaturated/α-hetero) is 1. The van der Waals surface area contributed by atoms with Gasteiger partial charge < -0.3 is 10.4 Å². The molecule has 2 fully saturated rings. The molecule has 1 aromatic carbocycles. The zero-order chi connectivity index (χ0) is 14.5. The highest BCUT2D eigenvalue weighted by atomic mass is 19.1. The van der Waals surface area contributed by atoms with Crippen LogP contribution in [0.15, 0.2) is 18.2 Å². The maximum atomic E-state index is 13.9. The van der Waals surface area contributed by atoms with E-state index in [1.807, 2.05) is 0 Å². The third-order valence-corrected chi connectivity index (χ3v) is 4.31. The van der Waals surface area contributed by atoms with E-state index in [2.05, 4.69) is 5.32 Å². The summed E-state index contributed by atoms with van der Waals surface area (Å²) in [4.78, 5) is 22.4. The zero-order valence-electron chi connectivity index (χ0n) is 10.5. The maximum absolute atomic E-state index is 13.9. The van der Waals surface area contributed by atoms with Crippen LogP contribution in [-0.2, 0) is 15.0 Å². The highest BCUT2D eigenvalue weighted by molar-refractivity contribution is 5.98. The van der Waals surface area contributed by atoms with Crippen molar-refractivity contribution in [1.29, 1.82) is 0 Å². The van der Waals surface area contributed by atoms with Gasteiger partial charge in [-0.2, -0.15) is 0 Å². The molecule has 106 valence electrons. The molecule has 2 aliphatic rings. The van der Waals surface area contributed by atoms with Gasteiger partial charge in [0.25, 0.3) is 0 Å². The Balaban J connectivity index is 1.83. The Morgan fingerprint density at radius 3 is 2.80 bits per heavy atom. The minimum Gasteiger partial charge on any atom is -0.481 e. The molecule has 2 N–H and O–H groups in total. The zero-order valence-corrected chi connectivity index (χ0v) is 10.5. The van der Waals surface area contributed by atoms with Gasteiger partial charge in [-0.05, 0) is 36.1 Å². The molecular formula is C14H13F2NO3. The maximum Gasteiger partial charge on any atom is 0.310 e. The van der Waals surface area contributed by atoms with Gasteiger partial charge in [0.15, 0.2) is 5.78 Å². The highest BCUT2D eigenvalue weighted by Gasteiger charge is 2.65. The minimum absolute atomic E-state index is 0.148. The fourth-order valence-corrected chi connectivity index (χ4v) is 3.29. The summed E-state index contributed by atoms with van der Waals surface area (Å²) in [6.07, 6.45) is 0.0340. The Morgan fingerprint density at radius 1 is 1.40 bits per heavy atom. The number of carboxylic acids is 1. The molecule has 0 bridgehead atoms. The van der Waals surface area contributed by atoms with Crippen molar-refractivity contribution in [1.82, 2.24) is 5.32 Å². The van der Waals surface area contributed by atoms with Crippen LogP contribution < -0.4 is 5.32 Å². The van der Waals surface area contributed by atoms with E-state index in [0.29, 0.717) is 13.0 Å². The lowest BCUT2D eigenvalue weighted by Crippen LogP contribution is -2.36. The van der Waals surface area contributed by atoms with E-state index in [4.69, 9.17) is 5.11 Å². The van der Waals surface area contributed by atoms with E-state index in [1.54, 1.807) is 0 Å². The summed E-state index contributed by atoms with van der Waals surface area (Å²) in [6.45, 7) is 0.369. The van der Waals surface area contributed by atoms with Gasteiger partial charge in [-0.1, -0.05) is 0 Å². The van der Waals surface area contributed by atoms with Crippen molar-refractivity contribution in [2.45, 2.75) is 24.3 Å². The molecule has 3 rings (SSSR count). The number of carbonyl (C=O) groups excluding carboxylic acids is 1. The lowest BCUT2D eigenvalue weighted by molar-refractivity contribution is -0.140. The van der Waals surface area contributed by atoms with Crippen molar-refractivity contribution >= 4 is 11.8 Å². The number of nitrogens with one attached hydrogen (secondary N) is 1. The molecular weight excluding hydrogens is 268 g/mol. The second kappa shape index (κ2) is 4.34. The molecule has 0 aromatic heterocycles. The van der Waals surface area contributed by atoms with E-state index in [-0.39, 0.29) is 11.5 Å². The minimum atomic E-state index is -1.17. The summed E-state index contributed by atoms with van der Waals surface area (Å²) in [7, 11) is 0. The van der Waals surface area contributed by atoms with Crippen molar-refractivity contribution in [3.05, 3.63) is 35.4 Å². The van der Waals surface area contributed by atoms with Crippen molar-refractivity contribution in [3.8, 4) is 0 Å². The lowest BCUT2D eigenvalue weighted by atomic mass is 9.93. The standard InChI is InChI=1S/C14H13F2NO3/c15-7-1-2-10(16)8(3-7)14-5-9(14)13(17-6-14)11(18)4-12(19)20/h1-3,9,13,17H,4-6H2,(H,19,20)/t9-,13?,14+/m0/s1. The molecule has 1 aliphatic heterocycles. The number of fused-ring (bicyclic) bond motifs is 1. The highest BCUT2D eigenvalue weighted by Crippen LogP contribution is 2.59. The fraction of sp³-hybridized carbons (Fsp3) is 0.429. The van der Waals surface area contributed by atoms with Gasteiger partial charge in [0, 0.05) is 12.0 Å². The van der Waals surface area contributed by atoms with Crippen LogP contribution in [-0.4, -0.2) is 29.4 Å². The number of benzene rings is 1. The van der Waals surface area contributed by atoms with Crippen LogP contribution in [0.4, 0.5) is 8.78 Å². The average Bonchev–Trinajstić information content (AvgIpc) is 2.98. The predicted molar refractivity (Wildman–Crippen MR) is 65.2 cm³/mol. The monoisotopic (exact) mass is 281 g/mol. The van der Waals surface area contributed by atoms with Crippen LogP contribution in [0.3, 0.4) is 0 Å². The number of hydrogen-bond donors (Lipinski definition) is 2. The quantitative estimate of drug-likeness (QED) is 0.815. The summed E-state index contributed by atoms with van der Waals surface area (Å²) in [5.74, 6) is -2.72. The van der Waals surface area contributed by atoms with Crippen molar-refractivity contribution < 1.29 is 23.5 Å². The van der Waals surface area contributed by atoms with Crippen LogP contribution in [0, 0.1) is 17.6 Å². The topological polar surface area (TPSA) is 66.4 Å². The second-order valence-corrected chi connectivity index (χ2v) is 5.49. The summed E-state index contributed by atoms with van der Waals surface area (Å²) in [5.41, 5.74) is -0.286. The Bertz CT molecular complexity index is 604. The van der Waals surface area contributed by atoms with Gasteiger partial charge in [0.2, 0.25) is 0 Å². The van der Waals surface area contributed by atoms with Crippen LogP contribution >= 0.6 is 0 Å². The number of rotatable bonds is 4. The van der Waals surface area contributed by atoms with Gasteiger partial charge in [-0.3, -0.25) is 9.59 Å². The van der Waals surface area contributed by atoms with E-state index in [0.717, 1.165) is 12.1 Å². The molecule has 1 aliphatic carbocycles. The Morgan fingerprint density at radius 2 is 2.15 bits per heavy atom. The first-order chi connectivity index (χ1) is 9.44. The van der Waals surface area contributed by atoms with Gasteiger partial charge >= 0.3 is 5.97 Å². The van der Waals surface area contributed by atoms with Crippen LogP contribution in [0.2, 0.25) is 0 Å². The summed E-state index contributed by atoms with van der Waals surface area (Å²) in [5, 5.41) is 11.6. The Hall–Kier alpha value is -1.82. The fourth-order valence-electron chi connectivity index (χ4n) is 3.29. The molecule has 6 heteroatoms. The number of carbonyl (C=O) groups is 2. The van der Waals surface area contributed by atoms with Crippen LogP contribution in [0.5, 0.6) is 0 Å². The van der Waals surface area contributed by atoms with Gasteiger partial charge in [-0.25, -0.2) is 8.78 Å². The number of aliphatic carboxylic acids is 1. The Kier molecular flexibility index (Phi) is 2.86. The summed E-state index contributed by atoms with van der Waals surface area (Å²) in [6, 6.07) is 2.73. The molecule has 4 nitrogen and oxygen atoms in total. The van der Waals surface area contributed by atoms with E-state index < -0.39 is 41.3 Å². The van der Waals surface area contributed by atoms with E-state index in [1.165, 1.54) is 6.07 Å². The van der Waals surface area contributed by atoms with Crippen LogP contribution in [0.25, 0.3) is 0 Å². The van der Waals surface area contributed by atoms with Crippen molar-refractivity contribution in [2.75, 3.05) is 6.54 Å². The van der Waals surface area contributed by atoms with Crippen LogP contribution in [0.1, 0.15) is 18.4 Å². The largest absolute Gasteiger partial charge is 0.481 e. The molecule has 0 radical (unpaired) electrons. The third-order valence-electron chi connectivity index (χ3n) is 4.31. The predicted octanol–water partition coefficient (Wildman–Crippen LogP) is 1.24. The average molecular weight is 281 g/mol. The lowest BCUT2D eigenvalue weighted by Gasteiger charge is -2.13. The van der Waals surface area contributed by atoms with Gasteiger partial charge in [0.05, 0.1) is 6.04 Å². The number of carboxylic acid groups (broad SMARTS) is 1. The van der Waals surface area contributed by atoms with E-state index >= 15 is 0 Å². The molecule has 1 heterocycles. The number of halogens is 2. The molecule has 3 atom stereocenters. The molecule has 1 unspecified atom stereocenters. The number of piperidine rings is 1.